The van der Waals surface area contributed by atoms with Crippen molar-refractivity contribution in [1.29, 1.82) is 0 Å². The summed E-state index contributed by atoms with van der Waals surface area (Å²) in [4.78, 5) is 8.54. The van der Waals surface area contributed by atoms with Crippen LogP contribution in [0.15, 0.2) is 36.8 Å². The van der Waals surface area contributed by atoms with Gasteiger partial charge in [-0.15, -0.1) is 0 Å². The number of benzene rings is 1. The molecule has 7 heteroatoms. The smallest absolute Gasteiger partial charge is 0.168 e. The highest BCUT2D eigenvalue weighted by molar-refractivity contribution is 5.87. The minimum atomic E-state index is -0.286. The number of anilines is 1. The molecule has 0 radical (unpaired) electrons. The second-order valence-corrected chi connectivity index (χ2v) is 4.99. The second kappa shape index (κ2) is 6.07. The van der Waals surface area contributed by atoms with E-state index in [0.29, 0.717) is 18.1 Å². The first kappa shape index (κ1) is 14.4. The van der Waals surface area contributed by atoms with Gasteiger partial charge in [-0.05, 0) is 31.2 Å². The average molecular weight is 301 g/mol. The molecule has 0 bridgehead atoms. The monoisotopic (exact) mass is 301 g/mol. The summed E-state index contributed by atoms with van der Waals surface area (Å²) in [6, 6.07) is 6.21. The van der Waals surface area contributed by atoms with Crippen LogP contribution in [0.4, 0.5) is 10.2 Å². The van der Waals surface area contributed by atoms with Crippen molar-refractivity contribution >= 4 is 16.9 Å². The summed E-state index contributed by atoms with van der Waals surface area (Å²) >= 11 is 0. The molecule has 2 heterocycles. The Hall–Kier alpha value is -2.54. The fraction of sp³-hybridized carbons (Fsp3) is 0.267. The Morgan fingerprint density at radius 2 is 2.05 bits per heavy atom. The Bertz CT molecular complexity index is 771. The average Bonchev–Trinajstić information content (AvgIpc) is 2.93. The van der Waals surface area contributed by atoms with E-state index < -0.39 is 0 Å². The number of rotatable bonds is 5. The molecular weight excluding hydrogens is 285 g/mol. The molecule has 22 heavy (non-hydrogen) atoms. The SMILES string of the molecule is COC[C@@H](C)Nc1ncnc2c1cnn2-c1ccc(F)cc1. The van der Waals surface area contributed by atoms with E-state index in [0.717, 1.165) is 11.1 Å². The van der Waals surface area contributed by atoms with Gasteiger partial charge in [0.1, 0.15) is 18.0 Å². The molecule has 0 aliphatic carbocycles. The summed E-state index contributed by atoms with van der Waals surface area (Å²) in [5.74, 6) is 0.411. The third kappa shape index (κ3) is 2.75. The van der Waals surface area contributed by atoms with E-state index >= 15 is 0 Å². The molecule has 0 saturated heterocycles. The second-order valence-electron chi connectivity index (χ2n) is 4.99. The zero-order valence-electron chi connectivity index (χ0n) is 12.3. The topological polar surface area (TPSA) is 64.9 Å². The highest BCUT2D eigenvalue weighted by atomic mass is 19.1. The third-order valence-corrected chi connectivity index (χ3v) is 3.24. The number of aromatic nitrogens is 4. The van der Waals surface area contributed by atoms with Crippen molar-refractivity contribution in [3.05, 3.63) is 42.6 Å². The Labute approximate surface area is 127 Å². The summed E-state index contributed by atoms with van der Waals surface area (Å²) in [6.45, 7) is 2.57. The molecule has 3 aromatic rings. The third-order valence-electron chi connectivity index (χ3n) is 3.24. The highest BCUT2D eigenvalue weighted by Crippen LogP contribution is 2.22. The number of hydrogen-bond acceptors (Lipinski definition) is 5. The molecule has 1 atom stereocenters. The molecule has 114 valence electrons. The molecule has 1 aromatic carbocycles. The number of methoxy groups -OCH3 is 1. The molecule has 2 aromatic heterocycles. The predicted octanol–water partition coefficient (Wildman–Crippen LogP) is 2.40. The fourth-order valence-electron chi connectivity index (χ4n) is 2.26. The summed E-state index contributed by atoms with van der Waals surface area (Å²) in [5.41, 5.74) is 1.40. The number of ether oxygens (including phenoxy) is 1. The maximum atomic E-state index is 13.0. The fourth-order valence-corrected chi connectivity index (χ4v) is 2.26. The summed E-state index contributed by atoms with van der Waals surface area (Å²) in [7, 11) is 1.65. The van der Waals surface area contributed by atoms with Gasteiger partial charge >= 0.3 is 0 Å². The van der Waals surface area contributed by atoms with Crippen LogP contribution in [0.3, 0.4) is 0 Å². The zero-order valence-corrected chi connectivity index (χ0v) is 12.3. The van der Waals surface area contributed by atoms with E-state index in [-0.39, 0.29) is 11.9 Å². The van der Waals surface area contributed by atoms with Crippen molar-refractivity contribution in [2.75, 3.05) is 19.0 Å². The lowest BCUT2D eigenvalue weighted by Crippen LogP contribution is -2.21. The predicted molar refractivity (Wildman–Crippen MR) is 81.6 cm³/mol. The van der Waals surface area contributed by atoms with E-state index in [2.05, 4.69) is 20.4 Å². The molecule has 6 nitrogen and oxygen atoms in total. The van der Waals surface area contributed by atoms with Crippen LogP contribution in [0.1, 0.15) is 6.92 Å². The zero-order chi connectivity index (χ0) is 15.5. The van der Waals surface area contributed by atoms with Crippen molar-refractivity contribution in [2.45, 2.75) is 13.0 Å². The Balaban J connectivity index is 2.00. The van der Waals surface area contributed by atoms with Gasteiger partial charge in [0.2, 0.25) is 0 Å². The van der Waals surface area contributed by atoms with Gasteiger partial charge in [0.15, 0.2) is 5.65 Å². The Morgan fingerprint density at radius 3 is 2.77 bits per heavy atom. The van der Waals surface area contributed by atoms with Crippen LogP contribution in [-0.4, -0.2) is 39.5 Å². The number of hydrogen-bond donors (Lipinski definition) is 1. The number of nitrogens with zero attached hydrogens (tertiary/aromatic N) is 4. The normalized spacial score (nSPS) is 12.5. The van der Waals surface area contributed by atoms with Gasteiger partial charge in [-0.1, -0.05) is 0 Å². The van der Waals surface area contributed by atoms with Crippen LogP contribution in [0, 0.1) is 5.82 Å². The van der Waals surface area contributed by atoms with Crippen molar-refractivity contribution in [2.24, 2.45) is 0 Å². The minimum absolute atomic E-state index is 0.109. The van der Waals surface area contributed by atoms with Gasteiger partial charge in [-0.2, -0.15) is 5.10 Å². The standard InChI is InChI=1S/C15H16FN5O/c1-10(8-22-2)20-14-13-7-19-21(15(13)18-9-17-14)12-5-3-11(16)4-6-12/h3-7,9-10H,8H2,1-2H3,(H,17,18,20)/t10-/m1/s1. The van der Waals surface area contributed by atoms with Gasteiger partial charge in [0, 0.05) is 13.2 Å². The maximum absolute atomic E-state index is 13.0. The van der Waals surface area contributed by atoms with Gasteiger partial charge < -0.3 is 10.1 Å². The molecule has 0 aliphatic rings. The van der Waals surface area contributed by atoms with Gasteiger partial charge in [-0.3, -0.25) is 0 Å². The molecule has 1 N–H and O–H groups in total. The van der Waals surface area contributed by atoms with Crippen molar-refractivity contribution in [1.82, 2.24) is 19.7 Å². The van der Waals surface area contributed by atoms with E-state index in [1.54, 1.807) is 30.1 Å². The minimum Gasteiger partial charge on any atom is -0.383 e. The van der Waals surface area contributed by atoms with Crippen LogP contribution in [0.2, 0.25) is 0 Å². The van der Waals surface area contributed by atoms with Crippen molar-refractivity contribution in [3.8, 4) is 5.69 Å². The first-order valence-corrected chi connectivity index (χ1v) is 6.89. The van der Waals surface area contributed by atoms with E-state index in [4.69, 9.17) is 4.74 Å². The molecule has 0 fully saturated rings. The lowest BCUT2D eigenvalue weighted by Gasteiger charge is -2.13. The van der Waals surface area contributed by atoms with Crippen LogP contribution in [0.25, 0.3) is 16.7 Å². The molecule has 3 rings (SSSR count). The van der Waals surface area contributed by atoms with Crippen molar-refractivity contribution in [3.63, 3.8) is 0 Å². The maximum Gasteiger partial charge on any atom is 0.168 e. The summed E-state index contributed by atoms with van der Waals surface area (Å²) in [6.07, 6.45) is 3.17. The highest BCUT2D eigenvalue weighted by Gasteiger charge is 2.12. The molecule has 0 aliphatic heterocycles. The van der Waals surface area contributed by atoms with E-state index in [1.165, 1.54) is 18.5 Å². The van der Waals surface area contributed by atoms with Crippen LogP contribution >= 0.6 is 0 Å². The van der Waals surface area contributed by atoms with Crippen LogP contribution < -0.4 is 5.32 Å². The van der Waals surface area contributed by atoms with Gasteiger partial charge in [-0.25, -0.2) is 19.0 Å². The molecule has 0 unspecified atom stereocenters. The van der Waals surface area contributed by atoms with Gasteiger partial charge in [0.05, 0.1) is 23.9 Å². The van der Waals surface area contributed by atoms with Crippen molar-refractivity contribution < 1.29 is 9.13 Å². The quantitative estimate of drug-likeness (QED) is 0.784. The van der Waals surface area contributed by atoms with Crippen LogP contribution in [-0.2, 0) is 4.74 Å². The molecular formula is C15H16FN5O. The number of nitrogens with one attached hydrogen (secondary N) is 1. The summed E-state index contributed by atoms with van der Waals surface area (Å²) < 4.78 is 19.8. The number of halogens is 1. The summed E-state index contributed by atoms with van der Waals surface area (Å²) in [5, 5.41) is 8.40. The molecule has 0 spiro atoms. The van der Waals surface area contributed by atoms with Crippen LogP contribution in [0.5, 0.6) is 0 Å². The Kier molecular flexibility index (Phi) is 3.97. The first-order chi connectivity index (χ1) is 10.7. The van der Waals surface area contributed by atoms with E-state index in [1.807, 2.05) is 6.92 Å². The molecule has 0 saturated carbocycles. The lowest BCUT2D eigenvalue weighted by molar-refractivity contribution is 0.190. The van der Waals surface area contributed by atoms with Gasteiger partial charge in [0.25, 0.3) is 0 Å². The molecule has 0 amide bonds. The number of fused-ring (bicyclic) bond motifs is 1. The largest absolute Gasteiger partial charge is 0.383 e. The first-order valence-electron chi connectivity index (χ1n) is 6.89. The lowest BCUT2D eigenvalue weighted by atomic mass is 10.3. The van der Waals surface area contributed by atoms with E-state index in [9.17, 15) is 4.39 Å². The Morgan fingerprint density at radius 1 is 1.27 bits per heavy atom.